The summed E-state index contributed by atoms with van der Waals surface area (Å²) < 4.78 is 5.42. The summed E-state index contributed by atoms with van der Waals surface area (Å²) in [5, 5.41) is 8.57. The Labute approximate surface area is 113 Å². The number of hydrogen-bond acceptors (Lipinski definition) is 3. The fourth-order valence-corrected chi connectivity index (χ4v) is 1.76. The molecule has 0 aromatic heterocycles. The van der Waals surface area contributed by atoms with E-state index in [-0.39, 0.29) is 6.61 Å². The van der Waals surface area contributed by atoms with E-state index in [1.165, 1.54) is 11.1 Å². The molecule has 3 nitrogen and oxygen atoms in total. The van der Waals surface area contributed by atoms with E-state index in [0.717, 1.165) is 12.2 Å². The average molecular weight is 252 g/mol. The molecular weight excluding hydrogens is 236 g/mol. The Kier molecular flexibility index (Phi) is 4.54. The zero-order valence-electron chi connectivity index (χ0n) is 10.6. The molecule has 0 aliphatic rings. The van der Waals surface area contributed by atoms with Crippen LogP contribution in [0, 0.1) is 11.3 Å². The highest BCUT2D eigenvalue weighted by molar-refractivity contribution is 5.31. The van der Waals surface area contributed by atoms with Gasteiger partial charge in [-0.2, -0.15) is 5.26 Å². The second-order valence-corrected chi connectivity index (χ2v) is 4.35. The van der Waals surface area contributed by atoms with Crippen LogP contribution in [0.2, 0.25) is 0 Å². The molecule has 1 unspecified atom stereocenters. The summed E-state index contributed by atoms with van der Waals surface area (Å²) in [7, 11) is 0. The third kappa shape index (κ3) is 4.13. The van der Waals surface area contributed by atoms with Crippen molar-refractivity contribution in [3.8, 4) is 11.8 Å². The van der Waals surface area contributed by atoms with Crippen LogP contribution in [-0.2, 0) is 6.42 Å². The first kappa shape index (κ1) is 13.1. The van der Waals surface area contributed by atoms with Crippen molar-refractivity contribution in [1.82, 2.24) is 0 Å². The van der Waals surface area contributed by atoms with Crippen LogP contribution in [0.3, 0.4) is 0 Å². The maximum atomic E-state index is 8.57. The van der Waals surface area contributed by atoms with Gasteiger partial charge in [-0.1, -0.05) is 42.5 Å². The summed E-state index contributed by atoms with van der Waals surface area (Å²) in [6, 6.07) is 19.5. The summed E-state index contributed by atoms with van der Waals surface area (Å²) in [6.45, 7) is 0.217. The number of ether oxygens (including phenoxy) is 1. The molecule has 2 aromatic rings. The first-order valence-corrected chi connectivity index (χ1v) is 6.19. The van der Waals surface area contributed by atoms with Crippen LogP contribution in [0.5, 0.6) is 5.75 Å². The van der Waals surface area contributed by atoms with Crippen molar-refractivity contribution in [2.75, 3.05) is 6.61 Å². The normalized spacial score (nSPS) is 11.6. The van der Waals surface area contributed by atoms with Gasteiger partial charge in [0, 0.05) is 0 Å². The van der Waals surface area contributed by atoms with Crippen molar-refractivity contribution < 1.29 is 4.74 Å². The van der Waals surface area contributed by atoms with Gasteiger partial charge >= 0.3 is 0 Å². The molecule has 0 bridgehead atoms. The van der Waals surface area contributed by atoms with Gasteiger partial charge in [0.1, 0.15) is 18.4 Å². The van der Waals surface area contributed by atoms with Gasteiger partial charge in [0.15, 0.2) is 0 Å². The van der Waals surface area contributed by atoms with E-state index in [1.54, 1.807) is 0 Å². The first-order valence-electron chi connectivity index (χ1n) is 6.19. The molecule has 0 saturated carbocycles. The van der Waals surface area contributed by atoms with Crippen molar-refractivity contribution in [2.45, 2.75) is 12.5 Å². The fourth-order valence-electron chi connectivity index (χ4n) is 1.76. The number of hydrogen-bond donors (Lipinski definition) is 1. The van der Waals surface area contributed by atoms with E-state index >= 15 is 0 Å². The lowest BCUT2D eigenvalue weighted by Crippen LogP contribution is -2.25. The first-order chi connectivity index (χ1) is 9.28. The number of benzene rings is 2. The lowest BCUT2D eigenvalue weighted by molar-refractivity contribution is 0.308. The fraction of sp³-hybridized carbons (Fsp3) is 0.188. The minimum atomic E-state index is -0.580. The smallest absolute Gasteiger partial charge is 0.127 e. The Morgan fingerprint density at radius 3 is 2.26 bits per heavy atom. The molecule has 0 spiro atoms. The van der Waals surface area contributed by atoms with E-state index < -0.39 is 6.04 Å². The van der Waals surface area contributed by atoms with Crippen LogP contribution in [0.25, 0.3) is 0 Å². The van der Waals surface area contributed by atoms with E-state index in [4.69, 9.17) is 15.7 Å². The van der Waals surface area contributed by atoms with E-state index in [0.29, 0.717) is 0 Å². The topological polar surface area (TPSA) is 59.0 Å². The molecule has 0 radical (unpaired) electrons. The van der Waals surface area contributed by atoms with Crippen LogP contribution >= 0.6 is 0 Å². The van der Waals surface area contributed by atoms with Gasteiger partial charge in [0.2, 0.25) is 0 Å². The SMILES string of the molecule is N#CC(N)COc1ccc(Cc2ccccc2)cc1. The standard InChI is InChI=1S/C16H16N2O/c17-11-15(18)12-19-16-8-6-14(7-9-16)10-13-4-2-1-3-5-13/h1-9,15H,10,12,18H2. The van der Waals surface area contributed by atoms with Gasteiger partial charge in [-0.05, 0) is 29.7 Å². The number of nitrogens with two attached hydrogens (primary N) is 1. The van der Waals surface area contributed by atoms with Gasteiger partial charge in [-0.15, -0.1) is 0 Å². The van der Waals surface area contributed by atoms with Crippen LogP contribution in [0.4, 0.5) is 0 Å². The molecule has 2 aromatic carbocycles. The highest BCUT2D eigenvalue weighted by Crippen LogP contribution is 2.15. The molecular formula is C16H16N2O. The lowest BCUT2D eigenvalue weighted by Gasteiger charge is -2.08. The largest absolute Gasteiger partial charge is 0.491 e. The second-order valence-electron chi connectivity index (χ2n) is 4.35. The number of nitrogens with zero attached hydrogens (tertiary/aromatic N) is 1. The van der Waals surface area contributed by atoms with Crippen molar-refractivity contribution >= 4 is 0 Å². The van der Waals surface area contributed by atoms with Crippen molar-refractivity contribution in [3.63, 3.8) is 0 Å². The van der Waals surface area contributed by atoms with Crippen LogP contribution in [-0.4, -0.2) is 12.6 Å². The maximum absolute atomic E-state index is 8.57. The highest BCUT2D eigenvalue weighted by atomic mass is 16.5. The predicted molar refractivity (Wildman–Crippen MR) is 74.8 cm³/mol. The van der Waals surface area contributed by atoms with Crippen molar-refractivity contribution in [2.24, 2.45) is 5.73 Å². The zero-order chi connectivity index (χ0) is 13.5. The van der Waals surface area contributed by atoms with Gasteiger partial charge in [0.05, 0.1) is 6.07 Å². The van der Waals surface area contributed by atoms with Crippen molar-refractivity contribution in [1.29, 1.82) is 5.26 Å². The molecule has 0 heterocycles. The summed E-state index contributed by atoms with van der Waals surface area (Å²) in [5.41, 5.74) is 7.97. The molecule has 0 fully saturated rings. The lowest BCUT2D eigenvalue weighted by atomic mass is 10.1. The van der Waals surface area contributed by atoms with Crippen molar-refractivity contribution in [3.05, 3.63) is 65.7 Å². The monoisotopic (exact) mass is 252 g/mol. The Hall–Kier alpha value is -2.31. The highest BCUT2D eigenvalue weighted by Gasteiger charge is 2.01. The Morgan fingerprint density at radius 2 is 1.63 bits per heavy atom. The van der Waals surface area contributed by atoms with E-state index in [9.17, 15) is 0 Å². The summed E-state index contributed by atoms with van der Waals surface area (Å²) in [6.07, 6.45) is 0.902. The minimum absolute atomic E-state index is 0.217. The summed E-state index contributed by atoms with van der Waals surface area (Å²) in [4.78, 5) is 0. The molecule has 2 N–H and O–H groups in total. The average Bonchev–Trinajstić information content (AvgIpc) is 2.47. The summed E-state index contributed by atoms with van der Waals surface area (Å²) >= 11 is 0. The molecule has 0 aliphatic heterocycles. The molecule has 0 aliphatic carbocycles. The summed E-state index contributed by atoms with van der Waals surface area (Å²) in [5.74, 6) is 0.738. The quantitative estimate of drug-likeness (QED) is 0.889. The minimum Gasteiger partial charge on any atom is -0.491 e. The molecule has 96 valence electrons. The zero-order valence-corrected chi connectivity index (χ0v) is 10.6. The van der Waals surface area contributed by atoms with Gasteiger partial charge in [-0.25, -0.2) is 0 Å². The van der Waals surface area contributed by atoms with Gasteiger partial charge in [-0.3, -0.25) is 0 Å². The van der Waals surface area contributed by atoms with Crippen LogP contribution in [0.1, 0.15) is 11.1 Å². The molecule has 19 heavy (non-hydrogen) atoms. The predicted octanol–water partition coefficient (Wildman–Crippen LogP) is 2.51. The number of rotatable bonds is 5. The Balaban J connectivity index is 1.93. The molecule has 0 amide bonds. The van der Waals surface area contributed by atoms with Gasteiger partial charge in [0.25, 0.3) is 0 Å². The third-order valence-corrected chi connectivity index (χ3v) is 2.77. The third-order valence-electron chi connectivity index (χ3n) is 2.77. The maximum Gasteiger partial charge on any atom is 0.127 e. The molecule has 1 atom stereocenters. The molecule has 3 heteroatoms. The number of nitriles is 1. The molecule has 2 rings (SSSR count). The second kappa shape index (κ2) is 6.58. The Bertz CT molecular complexity index is 543. The van der Waals surface area contributed by atoms with Crippen LogP contribution < -0.4 is 10.5 Å². The van der Waals surface area contributed by atoms with Gasteiger partial charge < -0.3 is 10.5 Å². The van der Waals surface area contributed by atoms with E-state index in [2.05, 4.69) is 12.1 Å². The molecule has 0 saturated heterocycles. The Morgan fingerprint density at radius 1 is 1.00 bits per heavy atom. The van der Waals surface area contributed by atoms with E-state index in [1.807, 2.05) is 48.5 Å². The van der Waals surface area contributed by atoms with Crippen LogP contribution in [0.15, 0.2) is 54.6 Å².